The van der Waals surface area contributed by atoms with E-state index in [4.69, 9.17) is 9.47 Å². The second-order valence-corrected chi connectivity index (χ2v) is 9.61. The smallest absolute Gasteiger partial charge is 0.407 e. The molecular weight excluding hydrogens is 484 g/mol. The second kappa shape index (κ2) is 11.5. The van der Waals surface area contributed by atoms with Crippen LogP contribution in [0.2, 0.25) is 0 Å². The number of carbonyl (C=O) groups is 3. The first kappa shape index (κ1) is 25.5. The van der Waals surface area contributed by atoms with Crippen molar-refractivity contribution in [2.45, 2.75) is 37.5 Å². The molecule has 2 aliphatic rings. The Bertz CT molecular complexity index is 1270. The van der Waals surface area contributed by atoms with Crippen molar-refractivity contribution in [2.24, 2.45) is 0 Å². The molecule has 0 spiro atoms. The van der Waals surface area contributed by atoms with Gasteiger partial charge < -0.3 is 24.8 Å². The molecule has 5 rings (SSSR count). The average Bonchev–Trinajstić information content (AvgIpc) is 3.53. The second-order valence-electron chi connectivity index (χ2n) is 9.61. The number of hydrogen-bond acceptors (Lipinski definition) is 5. The number of benzene rings is 3. The molecule has 196 valence electrons. The Morgan fingerprint density at radius 3 is 2.21 bits per heavy atom. The van der Waals surface area contributed by atoms with Crippen molar-refractivity contribution in [3.8, 4) is 11.1 Å². The summed E-state index contributed by atoms with van der Waals surface area (Å²) < 4.78 is 11.5. The molecule has 2 amide bonds. The number of carbonyl (C=O) groups excluding carboxylic acids is 2. The zero-order valence-corrected chi connectivity index (χ0v) is 20.9. The van der Waals surface area contributed by atoms with E-state index in [9.17, 15) is 19.5 Å². The first-order chi connectivity index (χ1) is 18.5. The van der Waals surface area contributed by atoms with Gasteiger partial charge in [-0.3, -0.25) is 9.59 Å². The van der Waals surface area contributed by atoms with Crippen molar-refractivity contribution >= 4 is 18.0 Å². The quantitative estimate of drug-likeness (QED) is 0.444. The van der Waals surface area contributed by atoms with Gasteiger partial charge in [0.25, 0.3) is 0 Å². The van der Waals surface area contributed by atoms with Crippen LogP contribution in [0.15, 0.2) is 78.9 Å². The van der Waals surface area contributed by atoms with E-state index >= 15 is 0 Å². The Morgan fingerprint density at radius 2 is 1.55 bits per heavy atom. The third-order valence-electron chi connectivity index (χ3n) is 7.10. The van der Waals surface area contributed by atoms with Gasteiger partial charge in [-0.1, -0.05) is 78.9 Å². The lowest BCUT2D eigenvalue weighted by atomic mass is 9.98. The lowest BCUT2D eigenvalue weighted by Gasteiger charge is -2.23. The zero-order chi connectivity index (χ0) is 26.5. The largest absolute Gasteiger partial charge is 0.481 e. The number of nitrogens with zero attached hydrogens (tertiary/aromatic N) is 1. The van der Waals surface area contributed by atoms with Crippen LogP contribution in [-0.4, -0.2) is 59.8 Å². The van der Waals surface area contributed by atoms with Gasteiger partial charge in [-0.15, -0.1) is 0 Å². The molecule has 3 aromatic carbocycles. The Morgan fingerprint density at radius 1 is 0.921 bits per heavy atom. The summed E-state index contributed by atoms with van der Waals surface area (Å²) in [4.78, 5) is 38.9. The molecule has 1 saturated heterocycles. The van der Waals surface area contributed by atoms with Crippen molar-refractivity contribution in [2.75, 3.05) is 19.7 Å². The SMILES string of the molecule is O=C(O)CC(NC(=O)OCC1c2ccccc2-c2ccccc21)C(=O)N1CCC(OCc2ccccc2)C1. The number of carboxylic acid groups (broad SMARTS) is 1. The van der Waals surface area contributed by atoms with Gasteiger partial charge in [-0.2, -0.15) is 0 Å². The molecule has 2 atom stereocenters. The van der Waals surface area contributed by atoms with Gasteiger partial charge in [0.2, 0.25) is 5.91 Å². The third kappa shape index (κ3) is 5.70. The standard InChI is InChI=1S/C30H30N2O6/c33-28(34)16-27(29(35)32-15-14-21(17-32)37-18-20-8-2-1-3-9-20)31-30(36)38-19-26-24-12-6-4-10-22(24)23-11-5-7-13-25(23)26/h1-13,21,26-27H,14-19H2,(H,31,36)(H,33,34). The Kier molecular flexibility index (Phi) is 7.70. The Labute approximate surface area is 221 Å². The van der Waals surface area contributed by atoms with E-state index in [0.29, 0.717) is 26.1 Å². The minimum Gasteiger partial charge on any atom is -0.481 e. The van der Waals surface area contributed by atoms with Crippen molar-refractivity contribution in [1.29, 1.82) is 0 Å². The number of fused-ring (bicyclic) bond motifs is 3. The van der Waals surface area contributed by atoms with Gasteiger partial charge in [0.1, 0.15) is 12.6 Å². The maximum absolute atomic E-state index is 13.2. The highest BCUT2D eigenvalue weighted by Crippen LogP contribution is 2.44. The molecule has 0 saturated carbocycles. The summed E-state index contributed by atoms with van der Waals surface area (Å²) in [6, 6.07) is 24.5. The summed E-state index contributed by atoms with van der Waals surface area (Å²) in [7, 11) is 0. The minimum atomic E-state index is -1.23. The predicted octanol–water partition coefficient (Wildman–Crippen LogP) is 4.19. The molecule has 8 nitrogen and oxygen atoms in total. The fourth-order valence-corrected chi connectivity index (χ4v) is 5.23. The maximum Gasteiger partial charge on any atom is 0.407 e. The van der Waals surface area contributed by atoms with Gasteiger partial charge in [0.05, 0.1) is 19.1 Å². The number of rotatable bonds is 9. The number of amides is 2. The number of hydrogen-bond donors (Lipinski definition) is 2. The molecule has 1 aliphatic carbocycles. The highest BCUT2D eigenvalue weighted by atomic mass is 16.5. The number of ether oxygens (including phenoxy) is 2. The van der Waals surface area contributed by atoms with Crippen LogP contribution in [0.1, 0.15) is 35.4 Å². The predicted molar refractivity (Wildman–Crippen MR) is 140 cm³/mol. The van der Waals surface area contributed by atoms with Gasteiger partial charge in [0.15, 0.2) is 0 Å². The third-order valence-corrected chi connectivity index (χ3v) is 7.10. The molecule has 1 aliphatic heterocycles. The molecule has 2 unspecified atom stereocenters. The monoisotopic (exact) mass is 514 g/mol. The molecular formula is C30H30N2O6. The van der Waals surface area contributed by atoms with E-state index in [-0.39, 0.29) is 18.6 Å². The van der Waals surface area contributed by atoms with E-state index in [1.54, 1.807) is 4.90 Å². The maximum atomic E-state index is 13.2. The van der Waals surface area contributed by atoms with Crippen LogP contribution in [0, 0.1) is 0 Å². The van der Waals surface area contributed by atoms with Crippen LogP contribution >= 0.6 is 0 Å². The van der Waals surface area contributed by atoms with Crippen molar-refractivity contribution in [3.63, 3.8) is 0 Å². The van der Waals surface area contributed by atoms with E-state index in [1.165, 1.54) is 0 Å². The summed E-state index contributed by atoms with van der Waals surface area (Å²) >= 11 is 0. The Hall–Kier alpha value is -4.17. The summed E-state index contributed by atoms with van der Waals surface area (Å²) in [5.74, 6) is -1.77. The Balaban J connectivity index is 1.18. The summed E-state index contributed by atoms with van der Waals surface area (Å²) in [6.07, 6.45) is -0.861. The van der Waals surface area contributed by atoms with Crippen molar-refractivity contribution < 1.29 is 29.0 Å². The number of likely N-dealkylation sites (tertiary alicyclic amines) is 1. The van der Waals surface area contributed by atoms with Crippen LogP contribution in [0.4, 0.5) is 4.79 Å². The highest BCUT2D eigenvalue weighted by Gasteiger charge is 2.34. The minimum absolute atomic E-state index is 0.0763. The molecule has 0 bridgehead atoms. The average molecular weight is 515 g/mol. The number of carboxylic acids is 1. The van der Waals surface area contributed by atoms with Crippen LogP contribution in [0.5, 0.6) is 0 Å². The molecule has 1 heterocycles. The number of nitrogens with one attached hydrogen (secondary N) is 1. The molecule has 8 heteroatoms. The summed E-state index contributed by atoms with van der Waals surface area (Å²) in [5, 5.41) is 11.9. The first-order valence-corrected chi connectivity index (χ1v) is 12.8. The van der Waals surface area contributed by atoms with E-state index in [0.717, 1.165) is 27.8 Å². The molecule has 0 radical (unpaired) electrons. The summed E-state index contributed by atoms with van der Waals surface area (Å²) in [5.41, 5.74) is 5.39. The van der Waals surface area contributed by atoms with Crippen molar-refractivity contribution in [1.82, 2.24) is 10.2 Å². The normalized spacial score (nSPS) is 16.9. The van der Waals surface area contributed by atoms with Crippen molar-refractivity contribution in [3.05, 3.63) is 95.6 Å². The zero-order valence-electron chi connectivity index (χ0n) is 20.9. The first-order valence-electron chi connectivity index (χ1n) is 12.8. The van der Waals surface area contributed by atoms with Gasteiger partial charge in [0, 0.05) is 19.0 Å². The molecule has 2 N–H and O–H groups in total. The highest BCUT2D eigenvalue weighted by molar-refractivity contribution is 5.89. The molecule has 3 aromatic rings. The molecule has 0 aromatic heterocycles. The van der Waals surface area contributed by atoms with E-state index in [1.807, 2.05) is 78.9 Å². The van der Waals surface area contributed by atoms with Crippen LogP contribution < -0.4 is 5.32 Å². The van der Waals surface area contributed by atoms with E-state index < -0.39 is 30.4 Å². The summed E-state index contributed by atoms with van der Waals surface area (Å²) in [6.45, 7) is 1.28. The lowest BCUT2D eigenvalue weighted by Crippen LogP contribution is -2.49. The topological polar surface area (TPSA) is 105 Å². The van der Waals surface area contributed by atoms with Crippen LogP contribution in [0.25, 0.3) is 11.1 Å². The molecule has 1 fully saturated rings. The fraction of sp³-hybridized carbons (Fsp3) is 0.300. The molecule has 38 heavy (non-hydrogen) atoms. The van der Waals surface area contributed by atoms with Crippen LogP contribution in [-0.2, 0) is 25.7 Å². The lowest BCUT2D eigenvalue weighted by molar-refractivity contribution is -0.142. The fourth-order valence-electron chi connectivity index (χ4n) is 5.23. The number of aliphatic carboxylic acids is 1. The van der Waals surface area contributed by atoms with Crippen LogP contribution in [0.3, 0.4) is 0 Å². The van der Waals surface area contributed by atoms with Gasteiger partial charge in [-0.25, -0.2) is 4.79 Å². The number of alkyl carbamates (subject to hydrolysis) is 1. The van der Waals surface area contributed by atoms with Gasteiger partial charge >= 0.3 is 12.1 Å². The van der Waals surface area contributed by atoms with E-state index in [2.05, 4.69) is 5.32 Å². The van der Waals surface area contributed by atoms with Gasteiger partial charge in [-0.05, 0) is 34.2 Å².